The summed E-state index contributed by atoms with van der Waals surface area (Å²) in [5.74, 6) is 0. The Kier molecular flexibility index (Phi) is 8.87. The van der Waals surface area contributed by atoms with Gasteiger partial charge in [-0.2, -0.15) is 0 Å². The van der Waals surface area contributed by atoms with E-state index in [4.69, 9.17) is 0 Å². The molecule has 2 heteroatoms. The molecule has 282 valence electrons. The molecule has 0 saturated carbocycles. The molecule has 0 aliphatic carbocycles. The second-order valence-electron chi connectivity index (χ2n) is 15.4. The fourth-order valence-corrected chi connectivity index (χ4v) is 8.82. The van der Waals surface area contributed by atoms with Crippen LogP contribution >= 0.6 is 0 Å². The Hall–Kier alpha value is -7.94. The van der Waals surface area contributed by atoms with Gasteiger partial charge in [-0.1, -0.05) is 176 Å². The van der Waals surface area contributed by atoms with Gasteiger partial charge in [0.25, 0.3) is 0 Å². The van der Waals surface area contributed by atoms with Gasteiger partial charge in [0.2, 0.25) is 0 Å². The predicted octanol–water partition coefficient (Wildman–Crippen LogP) is 16.1. The highest BCUT2D eigenvalue weighted by molar-refractivity contribution is 6.13. The number of fused-ring (bicyclic) bond motifs is 4. The topological polar surface area (TPSA) is 8.17 Å². The third-order valence-electron chi connectivity index (χ3n) is 11.8. The van der Waals surface area contributed by atoms with E-state index in [0.29, 0.717) is 0 Å². The summed E-state index contributed by atoms with van der Waals surface area (Å²) in [5, 5.41) is 5.04. The highest BCUT2D eigenvalue weighted by Crippen LogP contribution is 2.42. The van der Waals surface area contributed by atoms with E-state index >= 15 is 0 Å². The SMILES string of the molecule is c1ccc(-c2ccc(N(c3ccc(-c4ccc(-n5c6ccccc6c6cc7ccccc7cc65)cc4)cc3)c3ccc(-c4ccccc4)c(-c4ccccc4)c3)cc2)cc1. The molecule has 0 saturated heterocycles. The van der Waals surface area contributed by atoms with E-state index in [9.17, 15) is 0 Å². The van der Waals surface area contributed by atoms with E-state index in [0.717, 1.165) is 22.7 Å². The van der Waals surface area contributed by atoms with Gasteiger partial charge in [0.15, 0.2) is 0 Å². The minimum atomic E-state index is 1.09. The molecule has 11 rings (SSSR count). The third-order valence-corrected chi connectivity index (χ3v) is 11.8. The number of rotatable bonds is 8. The summed E-state index contributed by atoms with van der Waals surface area (Å²) in [7, 11) is 0. The van der Waals surface area contributed by atoms with Gasteiger partial charge in [-0.05, 0) is 122 Å². The summed E-state index contributed by atoms with van der Waals surface area (Å²) in [4.78, 5) is 2.37. The quantitative estimate of drug-likeness (QED) is 0.150. The lowest BCUT2D eigenvalue weighted by Gasteiger charge is -2.27. The monoisotopic (exact) mass is 764 g/mol. The number of para-hydroxylation sites is 1. The lowest BCUT2D eigenvalue weighted by atomic mass is 9.93. The molecule has 0 spiro atoms. The average molecular weight is 765 g/mol. The number of benzene rings is 10. The van der Waals surface area contributed by atoms with E-state index in [1.807, 2.05) is 0 Å². The van der Waals surface area contributed by atoms with Crippen LogP contribution in [-0.4, -0.2) is 4.57 Å². The zero-order valence-corrected chi connectivity index (χ0v) is 33.0. The molecular formula is C58H40N2. The van der Waals surface area contributed by atoms with Crippen molar-refractivity contribution in [2.45, 2.75) is 0 Å². The smallest absolute Gasteiger partial charge is 0.0547 e. The second kappa shape index (κ2) is 15.1. The van der Waals surface area contributed by atoms with Crippen molar-refractivity contribution in [2.75, 3.05) is 4.90 Å². The van der Waals surface area contributed by atoms with Crippen LogP contribution in [0.4, 0.5) is 17.1 Å². The number of nitrogens with zero attached hydrogens (tertiary/aromatic N) is 2. The van der Waals surface area contributed by atoms with E-state index < -0.39 is 0 Å². The van der Waals surface area contributed by atoms with E-state index in [1.165, 1.54) is 77.1 Å². The molecule has 0 fully saturated rings. The molecule has 1 heterocycles. The first-order chi connectivity index (χ1) is 29.7. The summed E-state index contributed by atoms with van der Waals surface area (Å²) >= 11 is 0. The van der Waals surface area contributed by atoms with Crippen molar-refractivity contribution in [3.05, 3.63) is 243 Å². The van der Waals surface area contributed by atoms with Crippen LogP contribution in [0.3, 0.4) is 0 Å². The first kappa shape index (κ1) is 35.2. The van der Waals surface area contributed by atoms with E-state index in [-0.39, 0.29) is 0 Å². The average Bonchev–Trinajstić information content (AvgIpc) is 3.65. The van der Waals surface area contributed by atoms with Gasteiger partial charge in [-0.3, -0.25) is 0 Å². The van der Waals surface area contributed by atoms with Crippen molar-refractivity contribution in [3.8, 4) is 50.2 Å². The van der Waals surface area contributed by atoms with Crippen LogP contribution in [0, 0.1) is 0 Å². The standard InChI is InChI=1S/C58H40N2/c1-4-14-41(15-5-1)42-24-30-49(31-25-42)59(52-36-37-53(45-16-6-2-7-17-45)55(40-52)46-18-8-3-9-19-46)50-32-26-43(27-33-50)44-28-34-51(35-29-44)60-57-23-13-12-22-54(57)56-38-47-20-10-11-21-48(47)39-58(56)60/h1-40H. The molecular weight excluding hydrogens is 725 g/mol. The maximum Gasteiger partial charge on any atom is 0.0547 e. The summed E-state index contributed by atoms with van der Waals surface area (Å²) in [5.41, 5.74) is 16.4. The Morgan fingerprint density at radius 1 is 0.267 bits per heavy atom. The Morgan fingerprint density at radius 3 is 1.32 bits per heavy atom. The van der Waals surface area contributed by atoms with Gasteiger partial charge in [0, 0.05) is 33.5 Å². The largest absolute Gasteiger partial charge is 0.310 e. The minimum Gasteiger partial charge on any atom is -0.310 e. The van der Waals surface area contributed by atoms with Gasteiger partial charge >= 0.3 is 0 Å². The minimum absolute atomic E-state index is 1.09. The van der Waals surface area contributed by atoms with Crippen LogP contribution in [0.2, 0.25) is 0 Å². The molecule has 0 amide bonds. The lowest BCUT2D eigenvalue weighted by molar-refractivity contribution is 1.18. The maximum atomic E-state index is 2.40. The fraction of sp³-hybridized carbons (Fsp3) is 0. The first-order valence-corrected chi connectivity index (χ1v) is 20.6. The molecule has 2 nitrogen and oxygen atoms in total. The van der Waals surface area contributed by atoms with Crippen molar-refractivity contribution in [1.29, 1.82) is 0 Å². The van der Waals surface area contributed by atoms with Crippen molar-refractivity contribution < 1.29 is 0 Å². The Balaban J connectivity index is 0.983. The Morgan fingerprint density at radius 2 is 0.717 bits per heavy atom. The molecule has 0 aliphatic rings. The summed E-state index contributed by atoms with van der Waals surface area (Å²) in [6.07, 6.45) is 0. The molecule has 0 aliphatic heterocycles. The Bertz CT molecular complexity index is 3260. The van der Waals surface area contributed by atoms with Crippen LogP contribution in [0.25, 0.3) is 82.8 Å². The molecule has 1 aromatic heterocycles. The van der Waals surface area contributed by atoms with Gasteiger partial charge in [-0.15, -0.1) is 0 Å². The summed E-state index contributed by atoms with van der Waals surface area (Å²) in [6, 6.07) is 87.8. The zero-order chi connectivity index (χ0) is 39.8. The molecule has 0 radical (unpaired) electrons. The summed E-state index contributed by atoms with van der Waals surface area (Å²) < 4.78 is 2.40. The van der Waals surface area contributed by atoms with Crippen molar-refractivity contribution in [2.24, 2.45) is 0 Å². The number of hydrogen-bond donors (Lipinski definition) is 0. The van der Waals surface area contributed by atoms with Crippen LogP contribution < -0.4 is 4.90 Å². The number of hydrogen-bond acceptors (Lipinski definition) is 1. The second-order valence-corrected chi connectivity index (χ2v) is 15.4. The third kappa shape index (κ3) is 6.41. The summed E-state index contributed by atoms with van der Waals surface area (Å²) in [6.45, 7) is 0. The molecule has 10 aromatic carbocycles. The van der Waals surface area contributed by atoms with Crippen LogP contribution in [-0.2, 0) is 0 Å². The molecule has 0 bridgehead atoms. The van der Waals surface area contributed by atoms with Crippen molar-refractivity contribution in [1.82, 2.24) is 4.57 Å². The fourth-order valence-electron chi connectivity index (χ4n) is 8.82. The van der Waals surface area contributed by atoms with Crippen LogP contribution in [0.15, 0.2) is 243 Å². The van der Waals surface area contributed by atoms with Gasteiger partial charge in [0.05, 0.1) is 11.0 Å². The maximum absolute atomic E-state index is 2.40. The van der Waals surface area contributed by atoms with Gasteiger partial charge in [0.1, 0.15) is 0 Å². The predicted molar refractivity (Wildman–Crippen MR) is 255 cm³/mol. The molecule has 60 heavy (non-hydrogen) atoms. The highest BCUT2D eigenvalue weighted by Gasteiger charge is 2.18. The van der Waals surface area contributed by atoms with Gasteiger partial charge in [-0.25, -0.2) is 0 Å². The van der Waals surface area contributed by atoms with E-state index in [2.05, 4.69) is 252 Å². The molecule has 0 unspecified atom stereocenters. The van der Waals surface area contributed by atoms with Crippen LogP contribution in [0.5, 0.6) is 0 Å². The molecule has 0 N–H and O–H groups in total. The van der Waals surface area contributed by atoms with Crippen LogP contribution in [0.1, 0.15) is 0 Å². The molecule has 0 atom stereocenters. The van der Waals surface area contributed by atoms with Crippen molar-refractivity contribution in [3.63, 3.8) is 0 Å². The highest BCUT2D eigenvalue weighted by atomic mass is 15.1. The first-order valence-electron chi connectivity index (χ1n) is 20.6. The number of anilines is 3. The van der Waals surface area contributed by atoms with E-state index in [1.54, 1.807) is 0 Å². The lowest BCUT2D eigenvalue weighted by Crippen LogP contribution is -2.10. The molecule has 11 aromatic rings. The van der Waals surface area contributed by atoms with Crippen molar-refractivity contribution >= 4 is 49.6 Å². The normalized spacial score (nSPS) is 11.3. The Labute approximate surface area is 350 Å². The number of aromatic nitrogens is 1. The zero-order valence-electron chi connectivity index (χ0n) is 33.0. The van der Waals surface area contributed by atoms with Gasteiger partial charge < -0.3 is 9.47 Å².